The molecular weight excluding hydrogens is 217 g/mol. The van der Waals surface area contributed by atoms with Gasteiger partial charge in [-0.3, -0.25) is 5.10 Å². The molecule has 0 saturated carbocycles. The van der Waals surface area contributed by atoms with Crippen molar-refractivity contribution in [2.45, 2.75) is 26.9 Å². The number of hydrogen-bond donors (Lipinski definition) is 2. The van der Waals surface area contributed by atoms with Crippen molar-refractivity contribution in [2.75, 3.05) is 0 Å². The number of benzene rings is 1. The molecule has 3 nitrogen and oxygen atoms in total. The van der Waals surface area contributed by atoms with Crippen molar-refractivity contribution in [3.8, 4) is 0 Å². The molecule has 2 N–H and O–H groups in total. The van der Waals surface area contributed by atoms with Gasteiger partial charge in [-0.05, 0) is 31.5 Å². The molecule has 0 spiro atoms. The Hall–Kier alpha value is -1.68. The maximum Gasteiger partial charge on any atom is 0.123 e. The number of aromatic amines is 1. The van der Waals surface area contributed by atoms with E-state index < -0.39 is 0 Å². The number of aromatic nitrogens is 2. The third-order valence-electron chi connectivity index (χ3n) is 2.80. The summed E-state index contributed by atoms with van der Waals surface area (Å²) in [4.78, 5) is 0. The monoisotopic (exact) mass is 233 g/mol. The van der Waals surface area contributed by atoms with Gasteiger partial charge in [0.1, 0.15) is 5.82 Å². The Balaban J connectivity index is 1.92. The summed E-state index contributed by atoms with van der Waals surface area (Å²) in [5, 5.41) is 10.4. The average Bonchev–Trinajstić information content (AvgIpc) is 2.61. The molecule has 2 aromatic rings. The Kier molecular flexibility index (Phi) is 3.54. The number of aryl methyl sites for hydroxylation is 2. The summed E-state index contributed by atoms with van der Waals surface area (Å²) in [5.74, 6) is -0.194. The van der Waals surface area contributed by atoms with Crippen molar-refractivity contribution in [2.24, 2.45) is 0 Å². The van der Waals surface area contributed by atoms with Gasteiger partial charge in [0.15, 0.2) is 0 Å². The fraction of sp³-hybridized carbons (Fsp3) is 0.308. The number of halogens is 1. The number of nitrogens with zero attached hydrogens (tertiary/aromatic N) is 1. The Bertz CT molecular complexity index is 486. The highest BCUT2D eigenvalue weighted by Crippen LogP contribution is 2.09. The predicted molar refractivity (Wildman–Crippen MR) is 65.0 cm³/mol. The first-order valence-electron chi connectivity index (χ1n) is 5.62. The van der Waals surface area contributed by atoms with E-state index in [0.717, 1.165) is 23.5 Å². The van der Waals surface area contributed by atoms with Gasteiger partial charge in [0, 0.05) is 24.3 Å². The highest BCUT2D eigenvalue weighted by atomic mass is 19.1. The fourth-order valence-corrected chi connectivity index (χ4v) is 1.81. The van der Waals surface area contributed by atoms with Crippen LogP contribution in [0, 0.1) is 19.7 Å². The molecule has 0 aliphatic rings. The maximum atomic E-state index is 13.0. The van der Waals surface area contributed by atoms with Crippen LogP contribution in [0.25, 0.3) is 0 Å². The third kappa shape index (κ3) is 2.91. The average molecular weight is 233 g/mol. The number of hydrogen-bond acceptors (Lipinski definition) is 2. The van der Waals surface area contributed by atoms with Crippen LogP contribution < -0.4 is 5.32 Å². The zero-order valence-corrected chi connectivity index (χ0v) is 10.0. The molecule has 4 heteroatoms. The summed E-state index contributed by atoms with van der Waals surface area (Å²) >= 11 is 0. The van der Waals surface area contributed by atoms with E-state index in [2.05, 4.69) is 15.5 Å². The standard InChI is InChI=1S/C13H16FN3/c1-9-13(10(2)17-16-9)8-15-7-11-4-3-5-12(14)6-11/h3-6,15H,7-8H2,1-2H3,(H,16,17). The van der Waals surface area contributed by atoms with Gasteiger partial charge in [0.25, 0.3) is 0 Å². The highest BCUT2D eigenvalue weighted by molar-refractivity contribution is 5.23. The lowest BCUT2D eigenvalue weighted by atomic mass is 10.2. The minimum Gasteiger partial charge on any atom is -0.308 e. The van der Waals surface area contributed by atoms with Gasteiger partial charge in [-0.25, -0.2) is 4.39 Å². The van der Waals surface area contributed by atoms with E-state index in [9.17, 15) is 4.39 Å². The first-order chi connectivity index (χ1) is 8.16. The molecule has 2 rings (SSSR count). The molecule has 0 saturated heterocycles. The van der Waals surface area contributed by atoms with Crippen LogP contribution in [0.5, 0.6) is 0 Å². The maximum absolute atomic E-state index is 13.0. The molecular formula is C13H16FN3. The van der Waals surface area contributed by atoms with Crippen LogP contribution >= 0.6 is 0 Å². The second kappa shape index (κ2) is 5.10. The quantitative estimate of drug-likeness (QED) is 0.851. The molecule has 90 valence electrons. The lowest BCUT2D eigenvalue weighted by molar-refractivity contribution is 0.620. The van der Waals surface area contributed by atoms with E-state index in [4.69, 9.17) is 0 Å². The van der Waals surface area contributed by atoms with Crippen molar-refractivity contribution in [1.82, 2.24) is 15.5 Å². The molecule has 1 heterocycles. The van der Waals surface area contributed by atoms with Crippen molar-refractivity contribution < 1.29 is 4.39 Å². The van der Waals surface area contributed by atoms with Crippen molar-refractivity contribution in [3.05, 3.63) is 52.6 Å². The number of rotatable bonds is 4. The van der Waals surface area contributed by atoms with Gasteiger partial charge in [-0.15, -0.1) is 0 Å². The topological polar surface area (TPSA) is 40.7 Å². The minimum absolute atomic E-state index is 0.194. The van der Waals surface area contributed by atoms with Gasteiger partial charge in [0.2, 0.25) is 0 Å². The summed E-state index contributed by atoms with van der Waals surface area (Å²) in [6.07, 6.45) is 0. The normalized spacial score (nSPS) is 10.8. The molecule has 0 aliphatic carbocycles. The predicted octanol–water partition coefficient (Wildman–Crippen LogP) is 2.46. The summed E-state index contributed by atoms with van der Waals surface area (Å²) in [6, 6.07) is 6.63. The second-order valence-electron chi connectivity index (χ2n) is 4.15. The van der Waals surface area contributed by atoms with Crippen molar-refractivity contribution in [1.29, 1.82) is 0 Å². The lowest BCUT2D eigenvalue weighted by Crippen LogP contribution is -2.13. The third-order valence-corrected chi connectivity index (χ3v) is 2.80. The molecule has 1 aromatic carbocycles. The van der Waals surface area contributed by atoms with E-state index in [1.165, 1.54) is 11.6 Å². The van der Waals surface area contributed by atoms with Crippen molar-refractivity contribution in [3.63, 3.8) is 0 Å². The Morgan fingerprint density at radius 1 is 1.29 bits per heavy atom. The van der Waals surface area contributed by atoms with E-state index in [1.807, 2.05) is 19.9 Å². The zero-order valence-electron chi connectivity index (χ0n) is 10.0. The van der Waals surface area contributed by atoms with Crippen LogP contribution in [0.4, 0.5) is 4.39 Å². The summed E-state index contributed by atoms with van der Waals surface area (Å²) in [5.41, 5.74) is 4.22. The summed E-state index contributed by atoms with van der Waals surface area (Å²) in [7, 11) is 0. The van der Waals surface area contributed by atoms with E-state index in [-0.39, 0.29) is 5.82 Å². The van der Waals surface area contributed by atoms with Gasteiger partial charge in [-0.1, -0.05) is 12.1 Å². The largest absolute Gasteiger partial charge is 0.308 e. The first-order valence-corrected chi connectivity index (χ1v) is 5.62. The lowest BCUT2D eigenvalue weighted by Gasteiger charge is -2.05. The van der Waals surface area contributed by atoms with E-state index in [0.29, 0.717) is 6.54 Å². The number of nitrogens with one attached hydrogen (secondary N) is 2. The zero-order chi connectivity index (χ0) is 12.3. The molecule has 0 radical (unpaired) electrons. The molecule has 0 amide bonds. The van der Waals surface area contributed by atoms with Gasteiger partial charge in [0.05, 0.1) is 5.69 Å². The smallest absolute Gasteiger partial charge is 0.123 e. The molecule has 1 aromatic heterocycles. The molecule has 0 unspecified atom stereocenters. The van der Waals surface area contributed by atoms with Crippen molar-refractivity contribution >= 4 is 0 Å². The summed E-state index contributed by atoms with van der Waals surface area (Å²) in [6.45, 7) is 5.37. The van der Waals surface area contributed by atoms with Crippen LogP contribution in [0.1, 0.15) is 22.5 Å². The van der Waals surface area contributed by atoms with Crippen LogP contribution in [0.2, 0.25) is 0 Å². The SMILES string of the molecule is Cc1n[nH]c(C)c1CNCc1cccc(F)c1. The van der Waals surface area contributed by atoms with Crippen LogP contribution in [-0.4, -0.2) is 10.2 Å². The molecule has 0 atom stereocenters. The Labute approximate surface area is 100 Å². The van der Waals surface area contributed by atoms with Gasteiger partial charge >= 0.3 is 0 Å². The molecule has 0 fully saturated rings. The Morgan fingerprint density at radius 3 is 2.76 bits per heavy atom. The van der Waals surface area contributed by atoms with Gasteiger partial charge < -0.3 is 5.32 Å². The molecule has 17 heavy (non-hydrogen) atoms. The number of H-pyrrole nitrogens is 1. The van der Waals surface area contributed by atoms with Crippen LogP contribution in [0.3, 0.4) is 0 Å². The minimum atomic E-state index is -0.194. The Morgan fingerprint density at radius 2 is 2.12 bits per heavy atom. The first kappa shape index (κ1) is 11.8. The van der Waals surface area contributed by atoms with E-state index in [1.54, 1.807) is 12.1 Å². The van der Waals surface area contributed by atoms with Crippen LogP contribution in [0.15, 0.2) is 24.3 Å². The van der Waals surface area contributed by atoms with E-state index >= 15 is 0 Å². The molecule has 0 aliphatic heterocycles. The van der Waals surface area contributed by atoms with Gasteiger partial charge in [-0.2, -0.15) is 5.10 Å². The summed E-state index contributed by atoms with van der Waals surface area (Å²) < 4.78 is 13.0. The van der Waals surface area contributed by atoms with Crippen LogP contribution in [-0.2, 0) is 13.1 Å². The second-order valence-corrected chi connectivity index (χ2v) is 4.15. The molecule has 0 bridgehead atoms. The highest BCUT2D eigenvalue weighted by Gasteiger charge is 2.05. The fourth-order valence-electron chi connectivity index (χ4n) is 1.81.